The van der Waals surface area contributed by atoms with Crippen molar-refractivity contribution in [3.8, 4) is 0 Å². The standard InChI is InChI=1S/C13H16N4S/c1-13(2,3)17-12(18)16-9-4-5-10-11(8-9)15-7-6-14-10/h4-8H,1-3H3,(H2,16,17,18). The molecule has 5 heteroatoms. The van der Waals surface area contributed by atoms with E-state index in [0.717, 1.165) is 16.7 Å². The molecule has 0 atom stereocenters. The summed E-state index contributed by atoms with van der Waals surface area (Å²) in [5, 5.41) is 6.95. The fourth-order valence-corrected chi connectivity index (χ4v) is 1.97. The molecule has 0 unspecified atom stereocenters. The summed E-state index contributed by atoms with van der Waals surface area (Å²) in [7, 11) is 0. The van der Waals surface area contributed by atoms with Gasteiger partial charge in [-0.3, -0.25) is 9.97 Å². The van der Waals surface area contributed by atoms with Gasteiger partial charge in [0.05, 0.1) is 11.0 Å². The van der Waals surface area contributed by atoms with Crippen molar-refractivity contribution in [2.45, 2.75) is 26.3 Å². The zero-order valence-corrected chi connectivity index (χ0v) is 11.5. The molecule has 2 N–H and O–H groups in total. The Balaban J connectivity index is 2.15. The molecule has 94 valence electrons. The van der Waals surface area contributed by atoms with Crippen LogP contribution in [0, 0.1) is 0 Å². The molecule has 0 fully saturated rings. The Morgan fingerprint density at radius 3 is 2.44 bits per heavy atom. The Kier molecular flexibility index (Phi) is 3.43. The van der Waals surface area contributed by atoms with Gasteiger partial charge in [0, 0.05) is 23.6 Å². The van der Waals surface area contributed by atoms with Crippen molar-refractivity contribution < 1.29 is 0 Å². The zero-order valence-electron chi connectivity index (χ0n) is 10.7. The molecule has 0 saturated heterocycles. The summed E-state index contributed by atoms with van der Waals surface area (Å²) in [6.45, 7) is 6.19. The van der Waals surface area contributed by atoms with Crippen molar-refractivity contribution in [2.75, 3.05) is 5.32 Å². The second-order valence-corrected chi connectivity index (χ2v) is 5.50. The molecule has 1 aromatic carbocycles. The van der Waals surface area contributed by atoms with Crippen molar-refractivity contribution in [3.63, 3.8) is 0 Å². The average Bonchev–Trinajstić information content (AvgIpc) is 2.26. The second kappa shape index (κ2) is 4.86. The van der Waals surface area contributed by atoms with Gasteiger partial charge in [0.2, 0.25) is 0 Å². The van der Waals surface area contributed by atoms with Crippen molar-refractivity contribution in [1.29, 1.82) is 0 Å². The number of aromatic nitrogens is 2. The zero-order chi connectivity index (χ0) is 13.2. The first kappa shape index (κ1) is 12.7. The Labute approximate surface area is 112 Å². The third-order valence-corrected chi connectivity index (χ3v) is 2.42. The van der Waals surface area contributed by atoms with Crippen LogP contribution in [0.25, 0.3) is 11.0 Å². The van der Waals surface area contributed by atoms with Crippen LogP contribution in [0.1, 0.15) is 20.8 Å². The minimum absolute atomic E-state index is 0.0548. The molecule has 0 bridgehead atoms. The molecule has 2 rings (SSSR count). The highest BCUT2D eigenvalue weighted by molar-refractivity contribution is 7.80. The van der Waals surface area contributed by atoms with E-state index in [2.05, 4.69) is 41.4 Å². The van der Waals surface area contributed by atoms with E-state index in [1.807, 2.05) is 18.2 Å². The highest BCUT2D eigenvalue weighted by atomic mass is 32.1. The van der Waals surface area contributed by atoms with Crippen LogP contribution in [-0.4, -0.2) is 20.6 Å². The number of hydrogen-bond donors (Lipinski definition) is 2. The van der Waals surface area contributed by atoms with Crippen molar-refractivity contribution in [1.82, 2.24) is 15.3 Å². The molecule has 18 heavy (non-hydrogen) atoms. The van der Waals surface area contributed by atoms with Crippen LogP contribution in [0.15, 0.2) is 30.6 Å². The first-order valence-corrected chi connectivity index (χ1v) is 6.15. The fourth-order valence-electron chi connectivity index (χ4n) is 1.54. The smallest absolute Gasteiger partial charge is 0.171 e. The molecule has 1 heterocycles. The number of hydrogen-bond acceptors (Lipinski definition) is 3. The first-order chi connectivity index (χ1) is 8.44. The summed E-state index contributed by atoms with van der Waals surface area (Å²) >= 11 is 5.25. The Bertz CT molecular complexity index is 574. The molecule has 4 nitrogen and oxygen atoms in total. The number of thiocarbonyl (C=S) groups is 1. The number of nitrogens with zero attached hydrogens (tertiary/aromatic N) is 2. The third-order valence-electron chi connectivity index (χ3n) is 2.22. The van der Waals surface area contributed by atoms with E-state index >= 15 is 0 Å². The van der Waals surface area contributed by atoms with Gasteiger partial charge in [-0.2, -0.15) is 0 Å². The van der Waals surface area contributed by atoms with Crippen LogP contribution in [0.3, 0.4) is 0 Å². The molecular weight excluding hydrogens is 244 g/mol. The quantitative estimate of drug-likeness (QED) is 0.772. The summed E-state index contributed by atoms with van der Waals surface area (Å²) in [4.78, 5) is 8.48. The van der Waals surface area contributed by atoms with Gasteiger partial charge >= 0.3 is 0 Å². The van der Waals surface area contributed by atoms with Crippen molar-refractivity contribution >= 4 is 34.1 Å². The lowest BCUT2D eigenvalue weighted by Gasteiger charge is -2.23. The first-order valence-electron chi connectivity index (χ1n) is 5.74. The van der Waals surface area contributed by atoms with E-state index in [-0.39, 0.29) is 5.54 Å². The number of anilines is 1. The van der Waals surface area contributed by atoms with E-state index < -0.39 is 0 Å². The lowest BCUT2D eigenvalue weighted by atomic mass is 10.1. The van der Waals surface area contributed by atoms with E-state index in [1.165, 1.54) is 0 Å². The monoisotopic (exact) mass is 260 g/mol. The Hall–Kier alpha value is -1.75. The van der Waals surface area contributed by atoms with Gasteiger partial charge in [-0.1, -0.05) is 0 Å². The molecule has 0 aliphatic rings. The summed E-state index contributed by atoms with van der Waals surface area (Å²) in [6, 6.07) is 5.79. The molecule has 0 spiro atoms. The Morgan fingerprint density at radius 1 is 1.11 bits per heavy atom. The van der Waals surface area contributed by atoms with Crippen LogP contribution in [-0.2, 0) is 0 Å². The normalized spacial score (nSPS) is 11.3. The number of nitrogens with one attached hydrogen (secondary N) is 2. The summed E-state index contributed by atoms with van der Waals surface area (Å²) in [5.74, 6) is 0. The van der Waals surface area contributed by atoms with Gasteiger partial charge < -0.3 is 10.6 Å². The summed E-state index contributed by atoms with van der Waals surface area (Å²) in [6.07, 6.45) is 3.36. The van der Waals surface area contributed by atoms with Crippen molar-refractivity contribution in [2.24, 2.45) is 0 Å². The lowest BCUT2D eigenvalue weighted by Crippen LogP contribution is -2.42. The Morgan fingerprint density at radius 2 is 1.78 bits per heavy atom. The molecule has 0 amide bonds. The molecule has 0 aliphatic carbocycles. The maximum absolute atomic E-state index is 5.25. The maximum Gasteiger partial charge on any atom is 0.171 e. The van der Waals surface area contributed by atoms with Gasteiger partial charge in [0.1, 0.15) is 0 Å². The SMILES string of the molecule is CC(C)(C)NC(=S)Nc1ccc2nccnc2c1. The number of benzene rings is 1. The lowest BCUT2D eigenvalue weighted by molar-refractivity contribution is 0.515. The topological polar surface area (TPSA) is 49.8 Å². The minimum Gasteiger partial charge on any atom is -0.358 e. The van der Waals surface area contributed by atoms with E-state index in [9.17, 15) is 0 Å². The van der Waals surface area contributed by atoms with Crippen LogP contribution in [0.2, 0.25) is 0 Å². The molecule has 2 aromatic rings. The van der Waals surface area contributed by atoms with Crippen LogP contribution >= 0.6 is 12.2 Å². The molecular formula is C13H16N4S. The molecule has 0 radical (unpaired) electrons. The van der Waals surface area contributed by atoms with Gasteiger partial charge in [-0.25, -0.2) is 0 Å². The van der Waals surface area contributed by atoms with E-state index in [1.54, 1.807) is 12.4 Å². The predicted octanol–water partition coefficient (Wildman–Crippen LogP) is 2.71. The third kappa shape index (κ3) is 3.37. The van der Waals surface area contributed by atoms with Crippen LogP contribution in [0.4, 0.5) is 5.69 Å². The largest absolute Gasteiger partial charge is 0.358 e. The second-order valence-electron chi connectivity index (χ2n) is 5.09. The average molecular weight is 260 g/mol. The molecule has 1 aromatic heterocycles. The van der Waals surface area contributed by atoms with E-state index in [0.29, 0.717) is 5.11 Å². The van der Waals surface area contributed by atoms with Gasteiger partial charge in [0.15, 0.2) is 5.11 Å². The predicted molar refractivity (Wildman–Crippen MR) is 78.6 cm³/mol. The van der Waals surface area contributed by atoms with Gasteiger partial charge in [-0.15, -0.1) is 0 Å². The van der Waals surface area contributed by atoms with Gasteiger partial charge in [-0.05, 0) is 51.2 Å². The van der Waals surface area contributed by atoms with Crippen LogP contribution < -0.4 is 10.6 Å². The molecule has 0 saturated carbocycles. The highest BCUT2D eigenvalue weighted by Crippen LogP contribution is 2.15. The maximum atomic E-state index is 5.25. The van der Waals surface area contributed by atoms with Crippen LogP contribution in [0.5, 0.6) is 0 Å². The summed E-state index contributed by atoms with van der Waals surface area (Å²) in [5.41, 5.74) is 2.57. The number of fused-ring (bicyclic) bond motifs is 1. The number of rotatable bonds is 1. The van der Waals surface area contributed by atoms with E-state index in [4.69, 9.17) is 12.2 Å². The fraction of sp³-hybridized carbons (Fsp3) is 0.308. The van der Waals surface area contributed by atoms with Crippen molar-refractivity contribution in [3.05, 3.63) is 30.6 Å². The highest BCUT2D eigenvalue weighted by Gasteiger charge is 2.11. The summed E-state index contributed by atoms with van der Waals surface area (Å²) < 4.78 is 0. The molecule has 0 aliphatic heterocycles. The van der Waals surface area contributed by atoms with Gasteiger partial charge in [0.25, 0.3) is 0 Å². The minimum atomic E-state index is -0.0548.